The van der Waals surface area contributed by atoms with Crippen molar-refractivity contribution >= 4 is 36.3 Å². The van der Waals surface area contributed by atoms with E-state index in [0.717, 1.165) is 47.4 Å². The van der Waals surface area contributed by atoms with E-state index in [9.17, 15) is 0 Å². The molecule has 0 saturated carbocycles. The van der Waals surface area contributed by atoms with Crippen LogP contribution in [0.1, 0.15) is 12.0 Å². The van der Waals surface area contributed by atoms with E-state index in [-0.39, 0.29) is 6.04 Å². The Morgan fingerprint density at radius 1 is 1.17 bits per heavy atom. The molecule has 3 aromatic rings. The Labute approximate surface area is 171 Å². The number of hydrogen-bond donors (Lipinski definition) is 2. The first-order valence-corrected chi connectivity index (χ1v) is 13.2. The van der Waals surface area contributed by atoms with Gasteiger partial charge in [0, 0.05) is 48.0 Å². The number of benzene rings is 1. The molecule has 1 aromatic carbocycles. The molecule has 1 aliphatic heterocycles. The molecule has 8 heteroatoms. The highest BCUT2D eigenvalue weighted by atomic mass is 28.3. The molecule has 0 spiro atoms. The summed E-state index contributed by atoms with van der Waals surface area (Å²) >= 11 is 0. The molecule has 2 aromatic heterocycles. The first kappa shape index (κ1) is 19.1. The zero-order valence-electron chi connectivity index (χ0n) is 17.0. The molecule has 1 fully saturated rings. The molecule has 0 unspecified atom stereocenters. The third kappa shape index (κ3) is 4.63. The van der Waals surface area contributed by atoms with Gasteiger partial charge in [-0.2, -0.15) is 5.10 Å². The summed E-state index contributed by atoms with van der Waals surface area (Å²) in [6.45, 7) is 8.38. The highest BCUT2D eigenvalue weighted by Crippen LogP contribution is 2.28. The Bertz CT molecular complexity index is 1080. The molecular formula is C21H25N7Si. The highest BCUT2D eigenvalue weighted by Gasteiger charge is 2.25. The van der Waals surface area contributed by atoms with Gasteiger partial charge in [-0.3, -0.25) is 0 Å². The molecule has 0 bridgehead atoms. The van der Waals surface area contributed by atoms with Gasteiger partial charge in [-0.1, -0.05) is 25.6 Å². The predicted octanol–water partition coefficient (Wildman–Crippen LogP) is 2.92. The fourth-order valence-electron chi connectivity index (χ4n) is 3.30. The summed E-state index contributed by atoms with van der Waals surface area (Å²) in [6.07, 6.45) is 6.31. The van der Waals surface area contributed by atoms with E-state index in [1.807, 2.05) is 18.2 Å². The van der Waals surface area contributed by atoms with Crippen LogP contribution in [0.15, 0.2) is 36.8 Å². The molecule has 4 rings (SSSR count). The van der Waals surface area contributed by atoms with Crippen LogP contribution in [0, 0.1) is 11.5 Å². The summed E-state index contributed by atoms with van der Waals surface area (Å²) in [7, 11) is -1.40. The number of hydrogen-bond acceptors (Lipinski definition) is 7. The maximum Gasteiger partial charge on any atom is 0.222 e. The fraction of sp³-hybridized carbons (Fsp3) is 0.333. The quantitative estimate of drug-likeness (QED) is 0.394. The van der Waals surface area contributed by atoms with Crippen LogP contribution in [-0.4, -0.2) is 47.4 Å². The van der Waals surface area contributed by atoms with E-state index < -0.39 is 8.07 Å². The Kier molecular flexibility index (Phi) is 5.07. The molecule has 3 heterocycles. The van der Waals surface area contributed by atoms with Crippen molar-refractivity contribution in [1.82, 2.24) is 20.2 Å². The second kappa shape index (κ2) is 7.68. The largest absolute Gasteiger partial charge is 0.399 e. The summed E-state index contributed by atoms with van der Waals surface area (Å²) in [6, 6.07) is 6.10. The van der Waals surface area contributed by atoms with Crippen molar-refractivity contribution in [2.45, 2.75) is 32.1 Å². The Morgan fingerprint density at radius 2 is 1.97 bits per heavy atom. The molecule has 1 saturated heterocycles. The van der Waals surface area contributed by atoms with E-state index in [4.69, 9.17) is 5.73 Å². The lowest BCUT2D eigenvalue weighted by Crippen LogP contribution is -2.27. The van der Waals surface area contributed by atoms with E-state index >= 15 is 0 Å². The zero-order chi connectivity index (χ0) is 20.4. The second-order valence-corrected chi connectivity index (χ2v) is 13.1. The highest BCUT2D eigenvalue weighted by molar-refractivity contribution is 6.83. The van der Waals surface area contributed by atoms with Crippen LogP contribution >= 0.6 is 0 Å². The van der Waals surface area contributed by atoms with Gasteiger partial charge >= 0.3 is 0 Å². The summed E-state index contributed by atoms with van der Waals surface area (Å²) in [5, 5.41) is 14.0. The van der Waals surface area contributed by atoms with Crippen molar-refractivity contribution in [3.05, 3.63) is 42.4 Å². The van der Waals surface area contributed by atoms with Gasteiger partial charge in [0.05, 0.1) is 11.8 Å². The molecule has 1 atom stereocenters. The summed E-state index contributed by atoms with van der Waals surface area (Å²) in [5.74, 6) is 4.71. The van der Waals surface area contributed by atoms with Crippen LogP contribution in [0.4, 0.5) is 17.5 Å². The molecule has 7 nitrogen and oxygen atoms in total. The molecule has 148 valence electrons. The van der Waals surface area contributed by atoms with E-state index in [1.54, 1.807) is 18.6 Å². The zero-order valence-corrected chi connectivity index (χ0v) is 18.0. The van der Waals surface area contributed by atoms with Gasteiger partial charge in [0.25, 0.3) is 0 Å². The first-order valence-electron chi connectivity index (χ1n) is 9.75. The van der Waals surface area contributed by atoms with Crippen molar-refractivity contribution in [3.63, 3.8) is 0 Å². The van der Waals surface area contributed by atoms with Crippen molar-refractivity contribution in [2.24, 2.45) is 0 Å². The number of aromatic nitrogens is 4. The molecule has 0 radical (unpaired) electrons. The van der Waals surface area contributed by atoms with Gasteiger partial charge in [-0.15, -0.1) is 10.6 Å². The molecule has 29 heavy (non-hydrogen) atoms. The summed E-state index contributed by atoms with van der Waals surface area (Å²) in [4.78, 5) is 11.1. The van der Waals surface area contributed by atoms with Gasteiger partial charge in [0.1, 0.15) is 8.07 Å². The Balaban J connectivity index is 1.44. The topological polar surface area (TPSA) is 92.9 Å². The van der Waals surface area contributed by atoms with Crippen molar-refractivity contribution in [3.8, 4) is 11.5 Å². The van der Waals surface area contributed by atoms with Crippen LogP contribution in [0.3, 0.4) is 0 Å². The van der Waals surface area contributed by atoms with Gasteiger partial charge in [-0.05, 0) is 24.6 Å². The lowest BCUT2D eigenvalue weighted by atomic mass is 10.1. The van der Waals surface area contributed by atoms with Crippen molar-refractivity contribution < 1.29 is 0 Å². The van der Waals surface area contributed by atoms with E-state index in [0.29, 0.717) is 5.95 Å². The third-order valence-electron chi connectivity index (χ3n) is 4.72. The third-order valence-corrected chi connectivity index (χ3v) is 5.60. The maximum absolute atomic E-state index is 5.89. The minimum Gasteiger partial charge on any atom is -0.399 e. The van der Waals surface area contributed by atoms with Crippen LogP contribution in [0.2, 0.25) is 19.6 Å². The number of nitrogens with one attached hydrogen (secondary N) is 1. The molecule has 0 aliphatic carbocycles. The summed E-state index contributed by atoms with van der Waals surface area (Å²) < 4.78 is 0. The summed E-state index contributed by atoms with van der Waals surface area (Å²) in [5.41, 5.74) is 10.8. The minimum absolute atomic E-state index is 0.250. The average molecular weight is 404 g/mol. The van der Waals surface area contributed by atoms with E-state index in [2.05, 4.69) is 61.5 Å². The van der Waals surface area contributed by atoms with Gasteiger partial charge in [0.2, 0.25) is 5.95 Å². The number of fused-ring (bicyclic) bond motifs is 1. The number of nitrogens with two attached hydrogens (primary N) is 1. The SMILES string of the molecule is C[Si](C)(C)C#Cc1cnc(N[C@@H]2CCN(c3nncc4cc(N)ccc34)C2)nc1. The molecular weight excluding hydrogens is 378 g/mol. The van der Waals surface area contributed by atoms with Gasteiger partial charge in [0.15, 0.2) is 5.82 Å². The molecule has 1 aliphatic rings. The Hall–Kier alpha value is -3.18. The van der Waals surface area contributed by atoms with Crippen LogP contribution in [0.5, 0.6) is 0 Å². The van der Waals surface area contributed by atoms with Crippen LogP contribution in [0.25, 0.3) is 10.8 Å². The van der Waals surface area contributed by atoms with Crippen LogP contribution in [-0.2, 0) is 0 Å². The van der Waals surface area contributed by atoms with Crippen LogP contribution < -0.4 is 16.0 Å². The van der Waals surface area contributed by atoms with Gasteiger partial charge in [-0.25, -0.2) is 9.97 Å². The number of anilines is 3. The van der Waals surface area contributed by atoms with Gasteiger partial charge < -0.3 is 16.0 Å². The van der Waals surface area contributed by atoms with E-state index in [1.165, 1.54) is 0 Å². The smallest absolute Gasteiger partial charge is 0.222 e. The normalized spacial score (nSPS) is 16.5. The average Bonchev–Trinajstić information content (AvgIpc) is 3.14. The predicted molar refractivity (Wildman–Crippen MR) is 120 cm³/mol. The lowest BCUT2D eigenvalue weighted by Gasteiger charge is -2.19. The number of rotatable bonds is 3. The number of nitrogen functional groups attached to an aromatic ring is 1. The number of nitrogens with zero attached hydrogens (tertiary/aromatic N) is 5. The Morgan fingerprint density at radius 3 is 2.72 bits per heavy atom. The second-order valence-electron chi connectivity index (χ2n) is 8.39. The fourth-order valence-corrected chi connectivity index (χ4v) is 3.82. The minimum atomic E-state index is -1.40. The first-order chi connectivity index (χ1) is 13.9. The van der Waals surface area contributed by atoms with Crippen molar-refractivity contribution in [2.75, 3.05) is 29.0 Å². The molecule has 0 amide bonds. The molecule has 3 N–H and O–H groups in total. The van der Waals surface area contributed by atoms with Crippen molar-refractivity contribution in [1.29, 1.82) is 0 Å². The standard InChI is InChI=1S/C21H25N7Si/c1-29(2,3)9-7-15-11-23-21(24-12-15)26-18-6-8-28(14-18)20-19-5-4-17(22)10-16(19)13-25-27-20/h4-5,10-13,18H,6,8,14,22H2,1-3H3,(H,23,24,26)/t18-/m1/s1. The monoisotopic (exact) mass is 403 g/mol. The lowest BCUT2D eigenvalue weighted by molar-refractivity contribution is 0.790. The maximum atomic E-state index is 5.89.